The van der Waals surface area contributed by atoms with E-state index in [4.69, 9.17) is 0 Å². The Hall–Kier alpha value is -1.85. The van der Waals surface area contributed by atoms with Crippen LogP contribution in [0.2, 0.25) is 0 Å². The van der Waals surface area contributed by atoms with Crippen molar-refractivity contribution in [1.29, 1.82) is 0 Å². The van der Waals surface area contributed by atoms with Gasteiger partial charge in [-0.05, 0) is 6.42 Å². The van der Waals surface area contributed by atoms with Crippen molar-refractivity contribution < 1.29 is 4.79 Å². The topological polar surface area (TPSA) is 69.3 Å². The van der Waals surface area contributed by atoms with E-state index in [1.54, 1.807) is 13.1 Å². The zero-order valence-corrected chi connectivity index (χ0v) is 9.85. The van der Waals surface area contributed by atoms with Gasteiger partial charge in [0.2, 0.25) is 5.91 Å². The van der Waals surface area contributed by atoms with Crippen LogP contribution in [0.25, 0.3) is 0 Å². The van der Waals surface area contributed by atoms with Crippen molar-refractivity contribution in [2.45, 2.75) is 13.3 Å². The minimum Gasteiger partial charge on any atom is -0.368 e. The molecule has 0 aliphatic carbocycles. The lowest BCUT2D eigenvalue weighted by Gasteiger charge is -2.22. The minimum atomic E-state index is -0.199. The molecule has 17 heavy (non-hydrogen) atoms. The summed E-state index contributed by atoms with van der Waals surface area (Å²) < 4.78 is 0. The summed E-state index contributed by atoms with van der Waals surface area (Å²) in [5, 5.41) is 6.14. The lowest BCUT2D eigenvalue weighted by molar-refractivity contribution is -0.128. The predicted molar refractivity (Wildman–Crippen MR) is 63.9 cm³/mol. The summed E-state index contributed by atoms with van der Waals surface area (Å²) in [7, 11) is 0. The SMILES string of the molecule is CC(=O)N1CCCN(c2cn[nH]c(=O)c2)CC1. The van der Waals surface area contributed by atoms with Gasteiger partial charge in [-0.2, -0.15) is 5.10 Å². The summed E-state index contributed by atoms with van der Waals surface area (Å²) in [6, 6.07) is 1.54. The van der Waals surface area contributed by atoms with E-state index in [0.717, 1.165) is 31.7 Å². The zero-order valence-electron chi connectivity index (χ0n) is 9.85. The van der Waals surface area contributed by atoms with Gasteiger partial charge in [0.05, 0.1) is 11.9 Å². The molecule has 1 amide bonds. The third kappa shape index (κ3) is 2.83. The summed E-state index contributed by atoms with van der Waals surface area (Å²) in [6.07, 6.45) is 2.55. The average Bonchev–Trinajstić information content (AvgIpc) is 2.54. The highest BCUT2D eigenvalue weighted by atomic mass is 16.2. The number of H-pyrrole nitrogens is 1. The van der Waals surface area contributed by atoms with Gasteiger partial charge in [0, 0.05) is 39.2 Å². The number of hydrogen-bond donors (Lipinski definition) is 1. The molecule has 0 spiro atoms. The second-order valence-corrected chi connectivity index (χ2v) is 4.15. The minimum absolute atomic E-state index is 0.107. The highest BCUT2D eigenvalue weighted by Crippen LogP contribution is 2.12. The first kappa shape index (κ1) is 11.6. The maximum absolute atomic E-state index is 11.3. The Morgan fingerprint density at radius 2 is 2.18 bits per heavy atom. The molecule has 0 radical (unpaired) electrons. The Morgan fingerprint density at radius 1 is 1.35 bits per heavy atom. The molecule has 1 aliphatic rings. The molecule has 1 aliphatic heterocycles. The van der Waals surface area contributed by atoms with Crippen LogP contribution in [-0.2, 0) is 4.79 Å². The van der Waals surface area contributed by atoms with Crippen molar-refractivity contribution in [1.82, 2.24) is 15.1 Å². The first-order chi connectivity index (χ1) is 8.16. The van der Waals surface area contributed by atoms with Gasteiger partial charge in [-0.25, -0.2) is 5.10 Å². The third-order valence-electron chi connectivity index (χ3n) is 2.96. The first-order valence-corrected chi connectivity index (χ1v) is 5.72. The Kier molecular flexibility index (Phi) is 3.41. The fraction of sp³-hybridized carbons (Fsp3) is 0.545. The largest absolute Gasteiger partial charge is 0.368 e. The number of anilines is 1. The van der Waals surface area contributed by atoms with Gasteiger partial charge < -0.3 is 9.80 Å². The fourth-order valence-electron chi connectivity index (χ4n) is 2.03. The molecule has 2 rings (SSSR count). The quantitative estimate of drug-likeness (QED) is 0.735. The van der Waals surface area contributed by atoms with E-state index < -0.39 is 0 Å². The number of aromatic amines is 1. The molecule has 1 aromatic heterocycles. The van der Waals surface area contributed by atoms with E-state index in [9.17, 15) is 9.59 Å². The van der Waals surface area contributed by atoms with E-state index in [1.807, 2.05) is 4.90 Å². The van der Waals surface area contributed by atoms with Crippen molar-refractivity contribution in [3.8, 4) is 0 Å². The van der Waals surface area contributed by atoms with Crippen LogP contribution in [-0.4, -0.2) is 47.2 Å². The molecule has 1 N–H and O–H groups in total. The molecule has 92 valence electrons. The van der Waals surface area contributed by atoms with Crippen molar-refractivity contribution in [2.24, 2.45) is 0 Å². The summed E-state index contributed by atoms with van der Waals surface area (Å²) >= 11 is 0. The average molecular weight is 236 g/mol. The van der Waals surface area contributed by atoms with Gasteiger partial charge in [-0.15, -0.1) is 0 Å². The highest BCUT2D eigenvalue weighted by molar-refractivity contribution is 5.73. The second-order valence-electron chi connectivity index (χ2n) is 4.15. The number of amides is 1. The van der Waals surface area contributed by atoms with Crippen LogP contribution < -0.4 is 10.5 Å². The number of rotatable bonds is 1. The second kappa shape index (κ2) is 4.99. The predicted octanol–water partition coefficient (Wildman–Crippen LogP) is -0.172. The molecule has 0 bridgehead atoms. The number of carbonyl (C=O) groups excluding carboxylic acids is 1. The maximum atomic E-state index is 11.3. The summed E-state index contributed by atoms with van der Waals surface area (Å²) in [5.74, 6) is 0.107. The molecule has 0 atom stereocenters. The molecule has 0 unspecified atom stereocenters. The van der Waals surface area contributed by atoms with Crippen LogP contribution in [0.15, 0.2) is 17.1 Å². The Balaban J connectivity index is 2.09. The van der Waals surface area contributed by atoms with E-state index in [2.05, 4.69) is 15.1 Å². The third-order valence-corrected chi connectivity index (χ3v) is 2.96. The van der Waals surface area contributed by atoms with E-state index in [0.29, 0.717) is 6.54 Å². The van der Waals surface area contributed by atoms with Crippen molar-refractivity contribution >= 4 is 11.6 Å². The van der Waals surface area contributed by atoms with Crippen LogP contribution in [0.5, 0.6) is 0 Å². The molecular formula is C11H16N4O2. The first-order valence-electron chi connectivity index (χ1n) is 5.72. The van der Waals surface area contributed by atoms with Crippen molar-refractivity contribution in [3.63, 3.8) is 0 Å². The molecular weight excluding hydrogens is 220 g/mol. The normalized spacial score (nSPS) is 16.8. The highest BCUT2D eigenvalue weighted by Gasteiger charge is 2.16. The number of aromatic nitrogens is 2. The zero-order chi connectivity index (χ0) is 12.3. The van der Waals surface area contributed by atoms with Crippen LogP contribution in [0.3, 0.4) is 0 Å². The van der Waals surface area contributed by atoms with Gasteiger partial charge in [-0.3, -0.25) is 9.59 Å². The molecule has 6 heteroatoms. The summed E-state index contributed by atoms with van der Waals surface area (Å²) in [4.78, 5) is 26.4. The summed E-state index contributed by atoms with van der Waals surface area (Å²) in [5.41, 5.74) is 0.620. The van der Waals surface area contributed by atoms with E-state index in [-0.39, 0.29) is 11.5 Å². The van der Waals surface area contributed by atoms with Crippen molar-refractivity contribution in [2.75, 3.05) is 31.1 Å². The van der Waals surface area contributed by atoms with Crippen LogP contribution in [0.1, 0.15) is 13.3 Å². The number of nitrogens with one attached hydrogen (secondary N) is 1. The van der Waals surface area contributed by atoms with Crippen LogP contribution in [0, 0.1) is 0 Å². The number of carbonyl (C=O) groups is 1. The van der Waals surface area contributed by atoms with E-state index >= 15 is 0 Å². The standard InChI is InChI=1S/C11H16N4O2/c1-9(16)14-3-2-4-15(6-5-14)10-7-11(17)13-12-8-10/h7-8H,2-6H2,1H3,(H,13,17). The smallest absolute Gasteiger partial charge is 0.266 e. The van der Waals surface area contributed by atoms with Gasteiger partial charge in [0.25, 0.3) is 5.56 Å². The van der Waals surface area contributed by atoms with Crippen LogP contribution >= 0.6 is 0 Å². The fourth-order valence-corrected chi connectivity index (χ4v) is 2.03. The lowest BCUT2D eigenvalue weighted by Crippen LogP contribution is -2.33. The molecule has 6 nitrogen and oxygen atoms in total. The molecule has 0 aromatic carbocycles. The van der Waals surface area contributed by atoms with Gasteiger partial charge >= 0.3 is 0 Å². The molecule has 2 heterocycles. The number of nitrogens with zero attached hydrogens (tertiary/aromatic N) is 3. The molecule has 0 saturated carbocycles. The van der Waals surface area contributed by atoms with Crippen molar-refractivity contribution in [3.05, 3.63) is 22.6 Å². The number of hydrogen-bond acceptors (Lipinski definition) is 4. The Labute approximate surface area is 99.2 Å². The maximum Gasteiger partial charge on any atom is 0.266 e. The summed E-state index contributed by atoms with van der Waals surface area (Å²) in [6.45, 7) is 4.65. The Morgan fingerprint density at radius 3 is 2.88 bits per heavy atom. The monoisotopic (exact) mass is 236 g/mol. The van der Waals surface area contributed by atoms with E-state index in [1.165, 1.54) is 6.07 Å². The molecule has 1 saturated heterocycles. The van der Waals surface area contributed by atoms with Gasteiger partial charge in [-0.1, -0.05) is 0 Å². The lowest BCUT2D eigenvalue weighted by atomic mass is 10.3. The van der Waals surface area contributed by atoms with Gasteiger partial charge in [0.15, 0.2) is 0 Å². The Bertz CT molecular complexity index is 457. The van der Waals surface area contributed by atoms with Gasteiger partial charge in [0.1, 0.15) is 0 Å². The molecule has 1 aromatic rings. The van der Waals surface area contributed by atoms with Crippen LogP contribution in [0.4, 0.5) is 5.69 Å². The molecule has 1 fully saturated rings.